The summed E-state index contributed by atoms with van der Waals surface area (Å²) in [4.78, 5) is 34.7. The largest absolute Gasteiger partial charge is 0.455 e. The fourth-order valence-electron chi connectivity index (χ4n) is 1.87. The van der Waals surface area contributed by atoms with Crippen LogP contribution in [0.25, 0.3) is 0 Å². The lowest BCUT2D eigenvalue weighted by molar-refractivity contribution is -0.147. The first-order chi connectivity index (χ1) is 12.0. The first kappa shape index (κ1) is 18.1. The van der Waals surface area contributed by atoms with Crippen LogP contribution in [0.3, 0.4) is 0 Å². The highest BCUT2D eigenvalue weighted by atomic mass is 19.1. The van der Waals surface area contributed by atoms with Crippen molar-refractivity contribution in [2.75, 3.05) is 11.9 Å². The lowest BCUT2D eigenvalue weighted by Gasteiger charge is -2.08. The van der Waals surface area contributed by atoms with Crippen molar-refractivity contribution in [2.24, 2.45) is 0 Å². The number of anilines is 1. The molecular weight excluding hydrogens is 334 g/mol. The number of amides is 3. The van der Waals surface area contributed by atoms with Crippen molar-refractivity contribution in [3.63, 3.8) is 0 Å². The maximum Gasteiger partial charge on any atom is 0.326 e. The summed E-state index contributed by atoms with van der Waals surface area (Å²) >= 11 is 0. The molecule has 8 heteroatoms. The SMILES string of the molecule is O=C(COC(=O)Cc1ccccc1F)NC(=O)Nc1ccccc1F. The number of nitrogens with one attached hydrogen (secondary N) is 2. The molecule has 0 saturated heterocycles. The van der Waals surface area contributed by atoms with Gasteiger partial charge in [-0.1, -0.05) is 30.3 Å². The molecule has 2 aromatic carbocycles. The molecule has 2 aromatic rings. The highest BCUT2D eigenvalue weighted by molar-refractivity contribution is 6.01. The second kappa shape index (κ2) is 8.53. The molecule has 2 rings (SSSR count). The summed E-state index contributed by atoms with van der Waals surface area (Å²) < 4.78 is 31.4. The van der Waals surface area contributed by atoms with Crippen LogP contribution < -0.4 is 10.6 Å². The maximum absolute atomic E-state index is 13.4. The first-order valence-corrected chi connectivity index (χ1v) is 7.20. The third-order valence-corrected chi connectivity index (χ3v) is 3.03. The summed E-state index contributed by atoms with van der Waals surface area (Å²) in [5, 5.41) is 4.02. The second-order valence-corrected chi connectivity index (χ2v) is 4.91. The predicted molar refractivity (Wildman–Crippen MR) is 84.6 cm³/mol. The molecule has 0 unspecified atom stereocenters. The van der Waals surface area contributed by atoms with E-state index in [-0.39, 0.29) is 17.7 Å². The minimum atomic E-state index is -0.972. The highest BCUT2D eigenvalue weighted by Gasteiger charge is 2.14. The minimum Gasteiger partial charge on any atom is -0.455 e. The van der Waals surface area contributed by atoms with E-state index in [1.165, 1.54) is 36.4 Å². The van der Waals surface area contributed by atoms with Crippen LogP contribution in [0, 0.1) is 11.6 Å². The number of hydrogen-bond donors (Lipinski definition) is 2. The quantitative estimate of drug-likeness (QED) is 0.813. The average molecular weight is 348 g/mol. The maximum atomic E-state index is 13.4. The van der Waals surface area contributed by atoms with Crippen molar-refractivity contribution in [2.45, 2.75) is 6.42 Å². The van der Waals surface area contributed by atoms with Gasteiger partial charge in [-0.2, -0.15) is 0 Å². The van der Waals surface area contributed by atoms with E-state index >= 15 is 0 Å². The molecule has 0 heterocycles. The molecule has 25 heavy (non-hydrogen) atoms. The molecule has 0 aliphatic heterocycles. The lowest BCUT2D eigenvalue weighted by Crippen LogP contribution is -2.37. The van der Waals surface area contributed by atoms with Gasteiger partial charge in [-0.05, 0) is 23.8 Å². The van der Waals surface area contributed by atoms with Gasteiger partial charge in [0.1, 0.15) is 11.6 Å². The number of carbonyl (C=O) groups is 3. The van der Waals surface area contributed by atoms with Crippen molar-refractivity contribution < 1.29 is 27.9 Å². The van der Waals surface area contributed by atoms with Gasteiger partial charge in [0.2, 0.25) is 0 Å². The Morgan fingerprint density at radius 2 is 1.56 bits per heavy atom. The molecule has 2 N–H and O–H groups in total. The van der Waals surface area contributed by atoms with Gasteiger partial charge in [0, 0.05) is 0 Å². The Morgan fingerprint density at radius 1 is 0.920 bits per heavy atom. The highest BCUT2D eigenvalue weighted by Crippen LogP contribution is 2.11. The molecule has 6 nitrogen and oxygen atoms in total. The van der Waals surface area contributed by atoms with Crippen molar-refractivity contribution in [1.82, 2.24) is 5.32 Å². The molecule has 0 aliphatic carbocycles. The molecule has 0 aliphatic rings. The van der Waals surface area contributed by atoms with Gasteiger partial charge in [-0.25, -0.2) is 13.6 Å². The Bertz CT molecular complexity index is 796. The van der Waals surface area contributed by atoms with Crippen molar-refractivity contribution in [3.05, 3.63) is 65.7 Å². The van der Waals surface area contributed by atoms with Crippen molar-refractivity contribution >= 4 is 23.6 Å². The van der Waals surface area contributed by atoms with Crippen LogP contribution in [0.4, 0.5) is 19.3 Å². The number of hydrogen-bond acceptors (Lipinski definition) is 4. The number of rotatable bonds is 5. The zero-order valence-corrected chi connectivity index (χ0v) is 12.9. The molecule has 0 fully saturated rings. The van der Waals surface area contributed by atoms with Crippen LogP contribution in [0.2, 0.25) is 0 Å². The fourth-order valence-corrected chi connectivity index (χ4v) is 1.87. The third kappa shape index (κ3) is 5.69. The average Bonchev–Trinajstić information content (AvgIpc) is 2.57. The van der Waals surface area contributed by atoms with E-state index < -0.39 is 36.1 Å². The van der Waals surface area contributed by atoms with E-state index in [0.29, 0.717) is 0 Å². The molecule has 0 bridgehead atoms. The number of urea groups is 1. The summed E-state index contributed by atoms with van der Waals surface area (Å²) in [6, 6.07) is 10.1. The number of benzene rings is 2. The van der Waals surface area contributed by atoms with Gasteiger partial charge >= 0.3 is 12.0 Å². The van der Waals surface area contributed by atoms with Crippen LogP contribution in [-0.4, -0.2) is 24.5 Å². The van der Waals surface area contributed by atoms with E-state index in [4.69, 9.17) is 0 Å². The summed E-state index contributed by atoms with van der Waals surface area (Å²) in [5.41, 5.74) is 0.0227. The van der Waals surface area contributed by atoms with Gasteiger partial charge in [-0.3, -0.25) is 14.9 Å². The Labute approximate surface area is 141 Å². The van der Waals surface area contributed by atoms with Crippen LogP contribution in [0.5, 0.6) is 0 Å². The first-order valence-electron chi connectivity index (χ1n) is 7.20. The standard InChI is InChI=1S/C17H14F2N2O4/c18-12-6-2-1-5-11(12)9-16(23)25-10-15(22)21-17(24)20-14-8-4-3-7-13(14)19/h1-8H,9-10H2,(H2,20,21,22,24). The molecule has 130 valence electrons. The van der Waals surface area contributed by atoms with Gasteiger partial charge in [0.25, 0.3) is 5.91 Å². The summed E-state index contributed by atoms with van der Waals surface area (Å²) in [7, 11) is 0. The van der Waals surface area contributed by atoms with Crippen molar-refractivity contribution in [3.8, 4) is 0 Å². The van der Waals surface area contributed by atoms with Crippen molar-refractivity contribution in [1.29, 1.82) is 0 Å². The van der Waals surface area contributed by atoms with Gasteiger partial charge < -0.3 is 10.1 Å². The van der Waals surface area contributed by atoms with Gasteiger partial charge in [-0.15, -0.1) is 0 Å². The van der Waals surface area contributed by atoms with Crippen LogP contribution >= 0.6 is 0 Å². The molecule has 0 aromatic heterocycles. The van der Waals surface area contributed by atoms with Gasteiger partial charge in [0.15, 0.2) is 6.61 Å². The monoisotopic (exact) mass is 348 g/mol. The smallest absolute Gasteiger partial charge is 0.326 e. The van der Waals surface area contributed by atoms with Gasteiger partial charge in [0.05, 0.1) is 12.1 Å². The lowest BCUT2D eigenvalue weighted by atomic mass is 10.1. The van der Waals surface area contributed by atoms with E-state index in [9.17, 15) is 23.2 Å². The zero-order chi connectivity index (χ0) is 18.2. The normalized spacial score (nSPS) is 10.0. The second-order valence-electron chi connectivity index (χ2n) is 4.91. The zero-order valence-electron chi connectivity index (χ0n) is 12.9. The number of imide groups is 1. The molecular formula is C17H14F2N2O4. The predicted octanol–water partition coefficient (Wildman–Crippen LogP) is 2.40. The molecule has 0 radical (unpaired) electrons. The minimum absolute atomic E-state index is 0.107. The van der Waals surface area contributed by atoms with Crippen LogP contribution in [0.1, 0.15) is 5.56 Å². The van der Waals surface area contributed by atoms with E-state index in [2.05, 4.69) is 10.1 Å². The van der Waals surface area contributed by atoms with Crippen LogP contribution in [-0.2, 0) is 20.7 Å². The third-order valence-electron chi connectivity index (χ3n) is 3.03. The number of carbonyl (C=O) groups excluding carboxylic acids is 3. The van der Waals surface area contributed by atoms with E-state index in [1.54, 1.807) is 6.07 Å². The Kier molecular flexibility index (Phi) is 6.16. The number of esters is 1. The topological polar surface area (TPSA) is 84.5 Å². The van der Waals surface area contributed by atoms with E-state index in [1.807, 2.05) is 5.32 Å². The summed E-state index contributed by atoms with van der Waals surface area (Å²) in [6.45, 7) is -0.724. The molecule has 3 amide bonds. The number of para-hydroxylation sites is 1. The molecule has 0 saturated carbocycles. The van der Waals surface area contributed by atoms with E-state index in [0.717, 1.165) is 6.07 Å². The summed E-state index contributed by atoms with van der Waals surface area (Å²) in [6.07, 6.45) is -0.346. The molecule has 0 spiro atoms. The Balaban J connectivity index is 1.76. The van der Waals surface area contributed by atoms with Crippen LogP contribution in [0.15, 0.2) is 48.5 Å². The number of ether oxygens (including phenoxy) is 1. The Morgan fingerprint density at radius 3 is 2.24 bits per heavy atom. The summed E-state index contributed by atoms with van der Waals surface area (Å²) in [5.74, 6) is -2.96. The Hall–Kier alpha value is -3.29. The number of halogens is 2. The molecule has 0 atom stereocenters. The fraction of sp³-hybridized carbons (Fsp3) is 0.118.